The van der Waals surface area contributed by atoms with Crippen LogP contribution in [-0.4, -0.2) is 18.0 Å². The van der Waals surface area contributed by atoms with Gasteiger partial charge in [-0.15, -0.1) is 0 Å². The van der Waals surface area contributed by atoms with Crippen LogP contribution >= 0.6 is 11.6 Å². The third-order valence-corrected chi connectivity index (χ3v) is 4.24. The van der Waals surface area contributed by atoms with Gasteiger partial charge in [0.25, 0.3) is 11.8 Å². The number of carbonyl (C=O) groups excluding carboxylic acids is 2. The number of aryl methyl sites for hydroxylation is 1. The lowest BCUT2D eigenvalue weighted by Crippen LogP contribution is -2.21. The van der Waals surface area contributed by atoms with E-state index in [-0.39, 0.29) is 5.91 Å². The first-order chi connectivity index (χ1) is 13.5. The standard InChI is InChI=1S/C22H18ClN3O2/c1-15-6-8-16(9-7-15)14-24-26-22(28)19-4-2-3-5-20(19)25-21(27)17-10-12-18(23)13-11-17/h2-14H,1H3,(H,25,27)(H,26,28)/b24-14-. The molecule has 28 heavy (non-hydrogen) atoms. The summed E-state index contributed by atoms with van der Waals surface area (Å²) in [6.07, 6.45) is 1.56. The summed E-state index contributed by atoms with van der Waals surface area (Å²) in [6.45, 7) is 2.00. The van der Waals surface area contributed by atoms with Crippen LogP contribution in [0.2, 0.25) is 5.02 Å². The minimum absolute atomic E-state index is 0.311. The average molecular weight is 392 g/mol. The molecule has 3 aromatic carbocycles. The molecule has 0 radical (unpaired) electrons. The van der Waals surface area contributed by atoms with E-state index in [1.54, 1.807) is 54.7 Å². The Morgan fingerprint density at radius 1 is 0.893 bits per heavy atom. The minimum Gasteiger partial charge on any atom is -0.321 e. The number of amides is 2. The van der Waals surface area contributed by atoms with Crippen molar-refractivity contribution >= 4 is 35.3 Å². The fraction of sp³-hybridized carbons (Fsp3) is 0.0455. The predicted octanol–water partition coefficient (Wildman–Crippen LogP) is 4.66. The maximum absolute atomic E-state index is 12.5. The highest BCUT2D eigenvalue weighted by molar-refractivity contribution is 6.30. The lowest BCUT2D eigenvalue weighted by molar-refractivity contribution is 0.0956. The van der Waals surface area contributed by atoms with E-state index in [2.05, 4.69) is 15.8 Å². The molecule has 0 saturated heterocycles. The quantitative estimate of drug-likeness (QED) is 0.490. The fourth-order valence-electron chi connectivity index (χ4n) is 2.46. The number of benzene rings is 3. The van der Waals surface area contributed by atoms with Crippen molar-refractivity contribution in [2.45, 2.75) is 6.92 Å². The van der Waals surface area contributed by atoms with E-state index in [1.165, 1.54) is 0 Å². The summed E-state index contributed by atoms with van der Waals surface area (Å²) in [5, 5.41) is 7.27. The van der Waals surface area contributed by atoms with Gasteiger partial charge in [-0.25, -0.2) is 5.43 Å². The molecule has 0 aliphatic heterocycles. The zero-order valence-electron chi connectivity index (χ0n) is 15.1. The zero-order chi connectivity index (χ0) is 19.9. The molecule has 0 fully saturated rings. The molecule has 0 spiro atoms. The van der Waals surface area contributed by atoms with Crippen LogP contribution in [0.5, 0.6) is 0 Å². The van der Waals surface area contributed by atoms with Gasteiger partial charge in [0, 0.05) is 10.6 Å². The normalized spacial score (nSPS) is 10.6. The van der Waals surface area contributed by atoms with Crippen molar-refractivity contribution in [3.05, 3.63) is 100 Å². The molecule has 0 aromatic heterocycles. The number of hydrogen-bond acceptors (Lipinski definition) is 3. The van der Waals surface area contributed by atoms with E-state index in [9.17, 15) is 9.59 Å². The highest BCUT2D eigenvalue weighted by Gasteiger charge is 2.13. The average Bonchev–Trinajstić information content (AvgIpc) is 2.70. The molecule has 0 aliphatic rings. The molecule has 6 heteroatoms. The van der Waals surface area contributed by atoms with Crippen LogP contribution in [0.3, 0.4) is 0 Å². The molecular weight excluding hydrogens is 374 g/mol. The second-order valence-electron chi connectivity index (χ2n) is 6.12. The number of hydrogen-bond donors (Lipinski definition) is 2. The van der Waals surface area contributed by atoms with Gasteiger partial charge in [-0.05, 0) is 48.9 Å². The molecule has 3 rings (SSSR count). The van der Waals surface area contributed by atoms with Crippen LogP contribution in [0, 0.1) is 6.92 Å². The monoisotopic (exact) mass is 391 g/mol. The maximum Gasteiger partial charge on any atom is 0.273 e. The molecule has 0 bridgehead atoms. The first kappa shape index (κ1) is 19.3. The number of para-hydroxylation sites is 1. The summed E-state index contributed by atoms with van der Waals surface area (Å²) < 4.78 is 0. The van der Waals surface area contributed by atoms with Gasteiger partial charge in [-0.1, -0.05) is 53.6 Å². The van der Waals surface area contributed by atoms with Crippen LogP contribution in [0.4, 0.5) is 5.69 Å². The predicted molar refractivity (Wildman–Crippen MR) is 112 cm³/mol. The molecule has 0 unspecified atom stereocenters. The molecule has 2 N–H and O–H groups in total. The second-order valence-corrected chi connectivity index (χ2v) is 6.55. The fourth-order valence-corrected chi connectivity index (χ4v) is 2.59. The van der Waals surface area contributed by atoms with Gasteiger partial charge < -0.3 is 5.32 Å². The Balaban J connectivity index is 1.70. The summed E-state index contributed by atoms with van der Waals surface area (Å²) in [5.74, 6) is -0.754. The number of nitrogens with zero attached hydrogens (tertiary/aromatic N) is 1. The van der Waals surface area contributed by atoms with E-state index in [1.807, 2.05) is 31.2 Å². The van der Waals surface area contributed by atoms with Crippen LogP contribution in [0.15, 0.2) is 77.9 Å². The van der Waals surface area contributed by atoms with Gasteiger partial charge in [-0.2, -0.15) is 5.10 Å². The zero-order valence-corrected chi connectivity index (χ0v) is 15.9. The molecule has 2 amide bonds. The molecule has 0 heterocycles. The van der Waals surface area contributed by atoms with Crippen molar-refractivity contribution in [3.8, 4) is 0 Å². The lowest BCUT2D eigenvalue weighted by atomic mass is 10.1. The molecule has 140 valence electrons. The highest BCUT2D eigenvalue weighted by Crippen LogP contribution is 2.17. The summed E-state index contributed by atoms with van der Waals surface area (Å²) in [4.78, 5) is 24.9. The third kappa shape index (κ3) is 5.05. The number of hydrazone groups is 1. The van der Waals surface area contributed by atoms with Crippen molar-refractivity contribution in [3.63, 3.8) is 0 Å². The van der Waals surface area contributed by atoms with Crippen LogP contribution in [-0.2, 0) is 0 Å². The van der Waals surface area contributed by atoms with Gasteiger partial charge in [0.15, 0.2) is 0 Å². The van der Waals surface area contributed by atoms with Crippen molar-refractivity contribution in [1.82, 2.24) is 5.43 Å². The molecule has 0 saturated carbocycles. The number of anilines is 1. The summed E-state index contributed by atoms with van der Waals surface area (Å²) in [6, 6.07) is 21.0. The van der Waals surface area contributed by atoms with Crippen molar-refractivity contribution in [2.75, 3.05) is 5.32 Å². The Kier molecular flexibility index (Phi) is 6.19. The molecule has 5 nitrogen and oxygen atoms in total. The van der Waals surface area contributed by atoms with Gasteiger partial charge in [0.2, 0.25) is 0 Å². The van der Waals surface area contributed by atoms with Crippen molar-refractivity contribution in [2.24, 2.45) is 5.10 Å². The Bertz CT molecular complexity index is 1010. The molecule has 0 atom stereocenters. The SMILES string of the molecule is Cc1ccc(/C=N\NC(=O)c2ccccc2NC(=O)c2ccc(Cl)cc2)cc1. The number of rotatable bonds is 5. The Morgan fingerprint density at radius 3 is 2.29 bits per heavy atom. The van der Waals surface area contributed by atoms with Gasteiger partial charge in [0.1, 0.15) is 0 Å². The van der Waals surface area contributed by atoms with E-state index >= 15 is 0 Å². The van der Waals surface area contributed by atoms with Crippen molar-refractivity contribution < 1.29 is 9.59 Å². The van der Waals surface area contributed by atoms with E-state index in [4.69, 9.17) is 11.6 Å². The summed E-state index contributed by atoms with van der Waals surface area (Å²) >= 11 is 5.85. The summed E-state index contributed by atoms with van der Waals surface area (Å²) in [7, 11) is 0. The number of halogens is 1. The molecule has 0 aliphatic carbocycles. The third-order valence-electron chi connectivity index (χ3n) is 3.98. The maximum atomic E-state index is 12.5. The lowest BCUT2D eigenvalue weighted by Gasteiger charge is -2.10. The smallest absolute Gasteiger partial charge is 0.273 e. The Morgan fingerprint density at radius 2 is 1.57 bits per heavy atom. The number of carbonyl (C=O) groups is 2. The first-order valence-corrected chi connectivity index (χ1v) is 8.97. The second kappa shape index (κ2) is 8.97. The molecule has 3 aromatic rings. The van der Waals surface area contributed by atoms with Crippen LogP contribution in [0.1, 0.15) is 31.8 Å². The minimum atomic E-state index is -0.421. The highest BCUT2D eigenvalue weighted by atomic mass is 35.5. The van der Waals surface area contributed by atoms with E-state index in [0.717, 1.165) is 11.1 Å². The van der Waals surface area contributed by atoms with Crippen molar-refractivity contribution in [1.29, 1.82) is 0 Å². The first-order valence-electron chi connectivity index (χ1n) is 8.59. The van der Waals surface area contributed by atoms with Crippen LogP contribution < -0.4 is 10.7 Å². The van der Waals surface area contributed by atoms with E-state index in [0.29, 0.717) is 21.8 Å². The Hall–Kier alpha value is -3.44. The number of nitrogens with one attached hydrogen (secondary N) is 2. The summed E-state index contributed by atoms with van der Waals surface area (Å²) in [5.41, 5.74) is 5.65. The molecular formula is C22H18ClN3O2. The van der Waals surface area contributed by atoms with E-state index < -0.39 is 5.91 Å². The van der Waals surface area contributed by atoms with Gasteiger partial charge in [-0.3, -0.25) is 9.59 Å². The largest absolute Gasteiger partial charge is 0.321 e. The van der Waals surface area contributed by atoms with Gasteiger partial charge >= 0.3 is 0 Å². The Labute approximate surface area is 168 Å². The topological polar surface area (TPSA) is 70.6 Å². The van der Waals surface area contributed by atoms with Crippen LogP contribution in [0.25, 0.3) is 0 Å². The van der Waals surface area contributed by atoms with Gasteiger partial charge in [0.05, 0.1) is 17.5 Å².